The summed E-state index contributed by atoms with van der Waals surface area (Å²) in [5.74, 6) is -0.0780. The van der Waals surface area contributed by atoms with Gasteiger partial charge in [0.05, 0.1) is 17.2 Å². The molecule has 1 N–H and O–H groups in total. The van der Waals surface area contributed by atoms with Crippen molar-refractivity contribution in [3.8, 4) is 0 Å². The minimum absolute atomic E-state index is 0.0130. The summed E-state index contributed by atoms with van der Waals surface area (Å²) in [5, 5.41) is 7.84. The second-order valence-electron chi connectivity index (χ2n) is 4.14. The molecule has 0 spiro atoms. The van der Waals surface area contributed by atoms with E-state index in [0.717, 1.165) is 10.7 Å². The highest BCUT2D eigenvalue weighted by atomic mass is 32.1. The minimum Gasteiger partial charge on any atom is -0.347 e. The SMILES string of the molecule is Cc1nc(C)c(C(=O)NC(C)Cn2cncn2)s1. The lowest BCUT2D eigenvalue weighted by atomic mass is 10.3. The molecule has 2 aromatic heterocycles. The summed E-state index contributed by atoms with van der Waals surface area (Å²) >= 11 is 1.41. The smallest absolute Gasteiger partial charge is 0.263 e. The van der Waals surface area contributed by atoms with Crippen molar-refractivity contribution in [2.24, 2.45) is 0 Å². The zero-order valence-electron chi connectivity index (χ0n) is 10.5. The Morgan fingerprint density at radius 2 is 2.33 bits per heavy atom. The van der Waals surface area contributed by atoms with E-state index in [1.54, 1.807) is 11.0 Å². The van der Waals surface area contributed by atoms with Gasteiger partial charge in [-0.15, -0.1) is 11.3 Å². The number of amides is 1. The summed E-state index contributed by atoms with van der Waals surface area (Å²) in [5.41, 5.74) is 0.781. The molecule has 18 heavy (non-hydrogen) atoms. The van der Waals surface area contributed by atoms with Crippen LogP contribution in [0.4, 0.5) is 0 Å². The average Bonchev–Trinajstić information content (AvgIpc) is 2.88. The van der Waals surface area contributed by atoms with Crippen LogP contribution in [0.3, 0.4) is 0 Å². The molecule has 0 saturated heterocycles. The summed E-state index contributed by atoms with van der Waals surface area (Å²) in [6.07, 6.45) is 3.11. The molecule has 0 aliphatic heterocycles. The monoisotopic (exact) mass is 265 g/mol. The molecule has 7 heteroatoms. The highest BCUT2D eigenvalue weighted by molar-refractivity contribution is 7.13. The lowest BCUT2D eigenvalue weighted by Gasteiger charge is -2.12. The third-order valence-corrected chi connectivity index (χ3v) is 3.49. The van der Waals surface area contributed by atoms with Gasteiger partial charge >= 0.3 is 0 Å². The van der Waals surface area contributed by atoms with Gasteiger partial charge in [-0.3, -0.25) is 9.48 Å². The normalized spacial score (nSPS) is 12.4. The Balaban J connectivity index is 1.97. The number of aromatic nitrogens is 4. The van der Waals surface area contributed by atoms with E-state index in [2.05, 4.69) is 20.4 Å². The van der Waals surface area contributed by atoms with E-state index < -0.39 is 0 Å². The summed E-state index contributed by atoms with van der Waals surface area (Å²) in [6, 6.07) is -0.0130. The van der Waals surface area contributed by atoms with Crippen LogP contribution in [0, 0.1) is 13.8 Å². The van der Waals surface area contributed by atoms with Crippen LogP contribution in [-0.2, 0) is 6.54 Å². The Bertz CT molecular complexity index is 534. The van der Waals surface area contributed by atoms with Crippen LogP contribution in [0.5, 0.6) is 0 Å². The van der Waals surface area contributed by atoms with Crippen LogP contribution >= 0.6 is 11.3 Å². The Morgan fingerprint density at radius 1 is 1.56 bits per heavy atom. The van der Waals surface area contributed by atoms with E-state index in [0.29, 0.717) is 11.4 Å². The van der Waals surface area contributed by atoms with Crippen LogP contribution in [0.1, 0.15) is 27.3 Å². The highest BCUT2D eigenvalue weighted by Crippen LogP contribution is 2.16. The summed E-state index contributed by atoms with van der Waals surface area (Å²) in [4.78, 5) is 20.8. The molecule has 2 heterocycles. The van der Waals surface area contributed by atoms with Gasteiger partial charge in [0.15, 0.2) is 0 Å². The van der Waals surface area contributed by atoms with Gasteiger partial charge in [-0.25, -0.2) is 9.97 Å². The molecule has 0 aliphatic rings. The molecule has 1 atom stereocenters. The number of carbonyl (C=O) groups excluding carboxylic acids is 1. The van der Waals surface area contributed by atoms with E-state index >= 15 is 0 Å². The van der Waals surface area contributed by atoms with Gasteiger partial charge in [0, 0.05) is 6.04 Å². The predicted octanol–water partition coefficient (Wildman–Crippen LogP) is 1.17. The lowest BCUT2D eigenvalue weighted by molar-refractivity contribution is 0.0939. The molecule has 0 saturated carbocycles. The number of thiazole rings is 1. The molecular formula is C11H15N5OS. The van der Waals surface area contributed by atoms with Crippen molar-refractivity contribution in [1.29, 1.82) is 0 Å². The largest absolute Gasteiger partial charge is 0.347 e. The number of aryl methyl sites for hydroxylation is 2. The molecule has 1 unspecified atom stereocenters. The Morgan fingerprint density at radius 3 is 2.89 bits per heavy atom. The predicted molar refractivity (Wildman–Crippen MR) is 68.5 cm³/mol. The Kier molecular flexibility index (Phi) is 3.71. The first kappa shape index (κ1) is 12.7. The molecule has 1 amide bonds. The molecule has 2 aromatic rings. The number of hydrogen-bond donors (Lipinski definition) is 1. The van der Waals surface area contributed by atoms with Crippen LogP contribution in [-0.4, -0.2) is 31.7 Å². The van der Waals surface area contributed by atoms with Crippen LogP contribution in [0.15, 0.2) is 12.7 Å². The number of nitrogens with one attached hydrogen (secondary N) is 1. The lowest BCUT2D eigenvalue weighted by Crippen LogP contribution is -2.35. The molecular weight excluding hydrogens is 250 g/mol. The quantitative estimate of drug-likeness (QED) is 0.900. The summed E-state index contributed by atoms with van der Waals surface area (Å²) in [7, 11) is 0. The van der Waals surface area contributed by atoms with Gasteiger partial charge in [-0.2, -0.15) is 5.10 Å². The van der Waals surface area contributed by atoms with E-state index in [9.17, 15) is 4.79 Å². The summed E-state index contributed by atoms with van der Waals surface area (Å²) in [6.45, 7) is 6.28. The van der Waals surface area contributed by atoms with Crippen molar-refractivity contribution in [2.45, 2.75) is 33.4 Å². The zero-order valence-corrected chi connectivity index (χ0v) is 11.4. The van der Waals surface area contributed by atoms with Crippen LogP contribution in [0.2, 0.25) is 0 Å². The van der Waals surface area contributed by atoms with Gasteiger partial charge in [-0.1, -0.05) is 0 Å². The van der Waals surface area contributed by atoms with Crippen LogP contribution < -0.4 is 5.32 Å². The fourth-order valence-corrected chi connectivity index (χ4v) is 2.51. The number of rotatable bonds is 4. The summed E-state index contributed by atoms with van der Waals surface area (Å²) < 4.78 is 1.69. The second-order valence-corrected chi connectivity index (χ2v) is 5.34. The van der Waals surface area contributed by atoms with E-state index in [1.165, 1.54) is 17.7 Å². The first-order chi connectivity index (χ1) is 8.56. The number of hydrogen-bond acceptors (Lipinski definition) is 5. The zero-order chi connectivity index (χ0) is 13.1. The average molecular weight is 265 g/mol. The van der Waals surface area contributed by atoms with Gasteiger partial charge in [0.1, 0.15) is 17.5 Å². The maximum atomic E-state index is 12.0. The topological polar surface area (TPSA) is 72.7 Å². The minimum atomic E-state index is -0.0780. The number of carbonyl (C=O) groups is 1. The highest BCUT2D eigenvalue weighted by Gasteiger charge is 2.16. The second kappa shape index (κ2) is 5.26. The molecule has 6 nitrogen and oxygen atoms in total. The Labute approximate surface area is 109 Å². The van der Waals surface area contributed by atoms with Gasteiger partial charge in [-0.05, 0) is 20.8 Å². The first-order valence-electron chi connectivity index (χ1n) is 5.63. The first-order valence-corrected chi connectivity index (χ1v) is 6.45. The van der Waals surface area contributed by atoms with E-state index in [1.807, 2.05) is 20.8 Å². The van der Waals surface area contributed by atoms with Crippen molar-refractivity contribution in [3.05, 3.63) is 28.2 Å². The Hall–Kier alpha value is -1.76. The van der Waals surface area contributed by atoms with Crippen molar-refractivity contribution in [1.82, 2.24) is 25.1 Å². The van der Waals surface area contributed by atoms with Crippen molar-refractivity contribution < 1.29 is 4.79 Å². The third-order valence-electron chi connectivity index (χ3n) is 2.41. The maximum Gasteiger partial charge on any atom is 0.263 e. The van der Waals surface area contributed by atoms with Crippen molar-refractivity contribution in [3.63, 3.8) is 0 Å². The van der Waals surface area contributed by atoms with Crippen molar-refractivity contribution in [2.75, 3.05) is 0 Å². The molecule has 0 fully saturated rings. The molecule has 0 radical (unpaired) electrons. The maximum absolute atomic E-state index is 12.0. The third kappa shape index (κ3) is 2.92. The fourth-order valence-electron chi connectivity index (χ4n) is 1.68. The fraction of sp³-hybridized carbons (Fsp3) is 0.455. The van der Waals surface area contributed by atoms with Gasteiger partial charge in [0.2, 0.25) is 0 Å². The molecule has 0 bridgehead atoms. The standard InChI is InChI=1S/C11H15N5OS/c1-7(4-16-6-12-5-13-16)14-11(17)10-8(2)15-9(3)18-10/h5-7H,4H2,1-3H3,(H,14,17). The van der Waals surface area contributed by atoms with Gasteiger partial charge in [0.25, 0.3) is 5.91 Å². The van der Waals surface area contributed by atoms with E-state index in [4.69, 9.17) is 0 Å². The molecule has 0 aromatic carbocycles. The molecule has 96 valence electrons. The molecule has 2 rings (SSSR count). The van der Waals surface area contributed by atoms with Crippen LogP contribution in [0.25, 0.3) is 0 Å². The van der Waals surface area contributed by atoms with Crippen molar-refractivity contribution >= 4 is 17.2 Å². The van der Waals surface area contributed by atoms with Gasteiger partial charge < -0.3 is 5.32 Å². The number of nitrogens with zero attached hydrogens (tertiary/aromatic N) is 4. The van der Waals surface area contributed by atoms with E-state index in [-0.39, 0.29) is 11.9 Å². The molecule has 0 aliphatic carbocycles.